The van der Waals surface area contributed by atoms with Crippen LogP contribution in [0.2, 0.25) is 5.02 Å². The molecule has 0 bridgehead atoms. The number of halogens is 3. The van der Waals surface area contributed by atoms with Gasteiger partial charge in [0.15, 0.2) is 17.4 Å². The first kappa shape index (κ1) is 14.1. The van der Waals surface area contributed by atoms with Crippen LogP contribution >= 0.6 is 22.9 Å². The number of aryl methyl sites for hydroxylation is 1. The van der Waals surface area contributed by atoms with E-state index < -0.39 is 17.4 Å². The standard InChI is InChI=1S/C9H6ClF2NOS.C2H6/c1-3-13-7-4(10)5(11)8(14-2)6(12)9(7)15-3;1-2/h1-2H3;1-2H3. The van der Waals surface area contributed by atoms with Crippen molar-refractivity contribution >= 4 is 33.2 Å². The Morgan fingerprint density at radius 1 is 1.24 bits per heavy atom. The van der Waals surface area contributed by atoms with Crippen molar-refractivity contribution in [2.45, 2.75) is 20.8 Å². The monoisotopic (exact) mass is 279 g/mol. The molecule has 0 aliphatic carbocycles. The molecule has 2 aromatic rings. The number of thiazole rings is 1. The summed E-state index contributed by atoms with van der Waals surface area (Å²) in [5.74, 6) is -2.12. The molecule has 0 atom stereocenters. The lowest BCUT2D eigenvalue weighted by atomic mass is 10.3. The zero-order chi connectivity index (χ0) is 13.2. The molecule has 0 aliphatic rings. The summed E-state index contributed by atoms with van der Waals surface area (Å²) in [5, 5.41) is 0.422. The van der Waals surface area contributed by atoms with Crippen LogP contribution in [0.4, 0.5) is 8.78 Å². The van der Waals surface area contributed by atoms with E-state index in [1.54, 1.807) is 6.92 Å². The fraction of sp³-hybridized carbons (Fsp3) is 0.364. The van der Waals surface area contributed by atoms with Crippen LogP contribution in [-0.2, 0) is 0 Å². The summed E-state index contributed by atoms with van der Waals surface area (Å²) in [6.07, 6.45) is 0. The number of nitrogens with zero attached hydrogens (tertiary/aromatic N) is 1. The molecule has 2 nitrogen and oxygen atoms in total. The smallest absolute Gasteiger partial charge is 0.193 e. The molecular formula is C11H12ClF2NOS. The highest BCUT2D eigenvalue weighted by Gasteiger charge is 2.22. The highest BCUT2D eigenvalue weighted by Crippen LogP contribution is 2.38. The van der Waals surface area contributed by atoms with Gasteiger partial charge in [-0.1, -0.05) is 25.4 Å². The number of ether oxygens (including phenoxy) is 1. The number of benzene rings is 1. The zero-order valence-electron chi connectivity index (χ0n) is 9.90. The Morgan fingerprint density at radius 2 is 1.82 bits per heavy atom. The van der Waals surface area contributed by atoms with Gasteiger partial charge in [-0.05, 0) is 6.92 Å². The molecule has 0 fully saturated rings. The van der Waals surface area contributed by atoms with E-state index in [4.69, 9.17) is 11.6 Å². The molecule has 0 N–H and O–H groups in total. The van der Waals surface area contributed by atoms with Crippen LogP contribution in [0.25, 0.3) is 10.2 Å². The Balaban J connectivity index is 0.000000686. The first-order chi connectivity index (χ1) is 8.06. The summed E-state index contributed by atoms with van der Waals surface area (Å²) in [6.45, 7) is 5.70. The van der Waals surface area contributed by atoms with Crippen molar-refractivity contribution in [3.63, 3.8) is 0 Å². The van der Waals surface area contributed by atoms with E-state index >= 15 is 0 Å². The third-order valence-corrected chi connectivity index (χ3v) is 3.25. The van der Waals surface area contributed by atoms with Gasteiger partial charge in [0.05, 0.1) is 16.8 Å². The fourth-order valence-electron chi connectivity index (χ4n) is 1.31. The molecule has 0 saturated heterocycles. The summed E-state index contributed by atoms with van der Waals surface area (Å²) in [4.78, 5) is 3.96. The summed E-state index contributed by atoms with van der Waals surface area (Å²) in [5.41, 5.74) is 0.148. The highest BCUT2D eigenvalue weighted by molar-refractivity contribution is 7.18. The molecule has 17 heavy (non-hydrogen) atoms. The van der Waals surface area contributed by atoms with Gasteiger partial charge < -0.3 is 4.74 Å². The second kappa shape index (κ2) is 5.60. The molecule has 0 aliphatic heterocycles. The molecule has 0 amide bonds. The number of hydrogen-bond acceptors (Lipinski definition) is 3. The Labute approximate surface area is 107 Å². The maximum Gasteiger partial charge on any atom is 0.193 e. The Morgan fingerprint density at radius 3 is 2.35 bits per heavy atom. The molecule has 0 unspecified atom stereocenters. The van der Waals surface area contributed by atoms with Crippen LogP contribution < -0.4 is 4.74 Å². The fourth-order valence-corrected chi connectivity index (χ4v) is 2.44. The Hall–Kier alpha value is -0.940. The maximum atomic E-state index is 13.7. The number of rotatable bonds is 1. The Bertz CT molecular complexity index is 542. The zero-order valence-corrected chi connectivity index (χ0v) is 11.5. The van der Waals surface area contributed by atoms with Crippen molar-refractivity contribution in [2.24, 2.45) is 0 Å². The predicted molar refractivity (Wildman–Crippen MR) is 67.2 cm³/mol. The molecule has 0 radical (unpaired) electrons. The van der Waals surface area contributed by atoms with E-state index in [1.807, 2.05) is 13.8 Å². The van der Waals surface area contributed by atoms with E-state index in [0.717, 1.165) is 11.3 Å². The van der Waals surface area contributed by atoms with Gasteiger partial charge in [-0.3, -0.25) is 0 Å². The van der Waals surface area contributed by atoms with Crippen molar-refractivity contribution in [2.75, 3.05) is 7.11 Å². The number of fused-ring (bicyclic) bond motifs is 1. The third kappa shape index (κ3) is 2.35. The first-order valence-corrected chi connectivity index (χ1v) is 6.23. The largest absolute Gasteiger partial charge is 0.491 e. The van der Waals surface area contributed by atoms with Crippen LogP contribution in [0, 0.1) is 18.6 Å². The van der Waals surface area contributed by atoms with Gasteiger partial charge in [0.25, 0.3) is 0 Å². The van der Waals surface area contributed by atoms with Gasteiger partial charge in [-0.25, -0.2) is 13.8 Å². The van der Waals surface area contributed by atoms with Gasteiger partial charge in [-0.15, -0.1) is 11.3 Å². The highest BCUT2D eigenvalue weighted by atomic mass is 35.5. The summed E-state index contributed by atoms with van der Waals surface area (Å²) in [6, 6.07) is 0. The molecule has 0 spiro atoms. The van der Waals surface area contributed by atoms with Crippen molar-refractivity contribution in [1.82, 2.24) is 4.98 Å². The van der Waals surface area contributed by atoms with Gasteiger partial charge in [-0.2, -0.15) is 0 Å². The summed E-state index contributed by atoms with van der Waals surface area (Å²) in [7, 11) is 1.19. The second-order valence-electron chi connectivity index (χ2n) is 2.89. The van der Waals surface area contributed by atoms with Crippen molar-refractivity contribution in [3.05, 3.63) is 21.7 Å². The average Bonchev–Trinajstić information content (AvgIpc) is 2.72. The molecule has 6 heteroatoms. The molecule has 1 aromatic heterocycles. The van der Waals surface area contributed by atoms with E-state index in [2.05, 4.69) is 9.72 Å². The minimum Gasteiger partial charge on any atom is -0.491 e. The molecule has 94 valence electrons. The minimum absolute atomic E-state index is 0.148. The minimum atomic E-state index is -0.908. The summed E-state index contributed by atoms with van der Waals surface area (Å²) < 4.78 is 32.0. The third-order valence-electron chi connectivity index (χ3n) is 1.94. The second-order valence-corrected chi connectivity index (χ2v) is 4.47. The molecule has 0 saturated carbocycles. The van der Waals surface area contributed by atoms with Crippen LogP contribution in [0.1, 0.15) is 18.9 Å². The quantitative estimate of drug-likeness (QED) is 0.713. The molecule has 1 heterocycles. The van der Waals surface area contributed by atoms with E-state index in [1.165, 1.54) is 7.11 Å². The Kier molecular flexibility index (Phi) is 4.65. The average molecular weight is 280 g/mol. The molecule has 1 aromatic carbocycles. The molecular weight excluding hydrogens is 268 g/mol. The van der Waals surface area contributed by atoms with Crippen molar-refractivity contribution < 1.29 is 13.5 Å². The van der Waals surface area contributed by atoms with Gasteiger partial charge in [0.1, 0.15) is 10.5 Å². The first-order valence-electron chi connectivity index (χ1n) is 5.03. The lowest BCUT2D eigenvalue weighted by molar-refractivity contribution is 0.363. The lowest BCUT2D eigenvalue weighted by Crippen LogP contribution is -1.94. The SMILES string of the molecule is CC.COc1c(F)c(Cl)c2nc(C)sc2c1F. The van der Waals surface area contributed by atoms with E-state index in [0.29, 0.717) is 5.01 Å². The van der Waals surface area contributed by atoms with Crippen LogP contribution in [-0.4, -0.2) is 12.1 Å². The number of aromatic nitrogens is 1. The summed E-state index contributed by atoms with van der Waals surface area (Å²) >= 11 is 6.83. The van der Waals surface area contributed by atoms with E-state index in [-0.39, 0.29) is 15.2 Å². The van der Waals surface area contributed by atoms with Gasteiger partial charge in [0.2, 0.25) is 0 Å². The number of hydrogen-bond donors (Lipinski definition) is 0. The van der Waals surface area contributed by atoms with Crippen molar-refractivity contribution in [1.29, 1.82) is 0 Å². The predicted octanol–water partition coefficient (Wildman–Crippen LogP) is 4.57. The van der Waals surface area contributed by atoms with Gasteiger partial charge >= 0.3 is 0 Å². The van der Waals surface area contributed by atoms with Crippen LogP contribution in [0.5, 0.6) is 5.75 Å². The normalized spacial score (nSPS) is 10.1. The maximum absolute atomic E-state index is 13.7. The van der Waals surface area contributed by atoms with Crippen LogP contribution in [0.3, 0.4) is 0 Å². The molecule has 2 rings (SSSR count). The lowest BCUT2D eigenvalue weighted by Gasteiger charge is -2.05. The number of methoxy groups -OCH3 is 1. The van der Waals surface area contributed by atoms with E-state index in [9.17, 15) is 8.78 Å². The van der Waals surface area contributed by atoms with Crippen molar-refractivity contribution in [3.8, 4) is 5.75 Å². The van der Waals surface area contributed by atoms with Gasteiger partial charge in [0, 0.05) is 0 Å². The topological polar surface area (TPSA) is 22.1 Å². The van der Waals surface area contributed by atoms with Crippen LogP contribution in [0.15, 0.2) is 0 Å².